The summed E-state index contributed by atoms with van der Waals surface area (Å²) in [5, 5.41) is 23.3. The van der Waals surface area contributed by atoms with Crippen molar-refractivity contribution in [2.24, 2.45) is 17.3 Å². The van der Waals surface area contributed by atoms with Crippen LogP contribution in [0.5, 0.6) is 0 Å². The van der Waals surface area contributed by atoms with E-state index in [1.807, 2.05) is 36.1 Å². The fourth-order valence-electron chi connectivity index (χ4n) is 2.30. The third kappa shape index (κ3) is 4.78. The molecule has 3 rings (SSSR count). The first kappa shape index (κ1) is 20.3. The van der Waals surface area contributed by atoms with E-state index in [1.165, 1.54) is 24.4 Å². The van der Waals surface area contributed by atoms with Crippen LogP contribution in [0.25, 0.3) is 0 Å². The molecule has 27 heavy (non-hydrogen) atoms. The fraction of sp³-hybridized carbons (Fsp3) is 0.125. The summed E-state index contributed by atoms with van der Waals surface area (Å²) in [6, 6.07) is 7.84. The van der Waals surface area contributed by atoms with Crippen LogP contribution >= 0.6 is 11.6 Å². The zero-order valence-electron chi connectivity index (χ0n) is 14.2. The van der Waals surface area contributed by atoms with Crippen LogP contribution in [0.4, 0.5) is 22.9 Å². The van der Waals surface area contributed by atoms with E-state index >= 15 is 0 Å². The topological polar surface area (TPSA) is 116 Å². The minimum absolute atomic E-state index is 0. The van der Waals surface area contributed by atoms with Gasteiger partial charge in [-0.15, -0.1) is 10.2 Å². The number of hydrogen-bond donors (Lipinski definition) is 1. The van der Waals surface area contributed by atoms with Crippen molar-refractivity contribution in [3.05, 3.63) is 69.6 Å². The Labute approximate surface area is 165 Å². The molecule has 2 aromatic heterocycles. The molecule has 1 aromatic carbocycles. The number of nitro benzene ring substituents is 1. The number of anilines is 1. The van der Waals surface area contributed by atoms with Gasteiger partial charge in [0.05, 0.1) is 22.7 Å². The molecule has 0 saturated heterocycles. The lowest BCUT2D eigenvalue weighted by molar-refractivity contribution is -0.671. The predicted octanol–water partition coefficient (Wildman–Crippen LogP) is 0.319. The third-order valence-electron chi connectivity index (χ3n) is 3.60. The maximum absolute atomic E-state index is 10.8. The summed E-state index contributed by atoms with van der Waals surface area (Å²) in [5.74, 6) is 0.335. The highest BCUT2D eigenvalue weighted by Crippen LogP contribution is 2.31. The molecule has 11 heteroatoms. The second kappa shape index (κ2) is 8.56. The van der Waals surface area contributed by atoms with Gasteiger partial charge in [0, 0.05) is 23.8 Å². The largest absolute Gasteiger partial charge is 1.00 e. The van der Waals surface area contributed by atoms with E-state index in [0.29, 0.717) is 18.1 Å². The van der Waals surface area contributed by atoms with Gasteiger partial charge in [-0.1, -0.05) is 11.6 Å². The van der Waals surface area contributed by atoms with Crippen LogP contribution in [0.3, 0.4) is 0 Å². The van der Waals surface area contributed by atoms with Gasteiger partial charge in [-0.25, -0.2) is 9.25 Å². The normalized spacial score (nSPS) is 10.7. The fourth-order valence-corrected chi connectivity index (χ4v) is 2.46. The lowest BCUT2D eigenvalue weighted by atomic mass is 10.3. The van der Waals surface area contributed by atoms with E-state index in [4.69, 9.17) is 17.3 Å². The first-order chi connectivity index (χ1) is 12.4. The molecule has 2 N–H and O–H groups in total. The van der Waals surface area contributed by atoms with Gasteiger partial charge in [-0.05, 0) is 12.1 Å². The molecule has 0 saturated carbocycles. The molecule has 0 atom stereocenters. The van der Waals surface area contributed by atoms with Gasteiger partial charge < -0.3 is 18.1 Å². The molecule has 0 amide bonds. The van der Waals surface area contributed by atoms with Crippen molar-refractivity contribution in [2.45, 2.75) is 6.54 Å². The average Bonchev–Trinajstić information content (AvgIpc) is 2.94. The van der Waals surface area contributed by atoms with E-state index < -0.39 is 4.92 Å². The number of azo groups is 1. The summed E-state index contributed by atoms with van der Waals surface area (Å²) >= 11 is 6.00. The SMILES string of the molecule is C[n+]1cccc(Cn2ncc(/N=N/c3cc([N+](=O)[O-])ccc3Cl)c2N)c1.[Cl-]. The number of nitrogens with two attached hydrogens (primary N) is 1. The van der Waals surface area contributed by atoms with Gasteiger partial charge in [0.15, 0.2) is 12.4 Å². The number of aromatic nitrogens is 3. The lowest BCUT2D eigenvalue weighted by Crippen LogP contribution is -3.00. The number of nitrogen functional groups attached to an aromatic ring is 1. The Morgan fingerprint density at radius 2 is 2.07 bits per heavy atom. The number of benzene rings is 1. The molecular formula is C16H15Cl2N7O2. The number of nitro groups is 1. The lowest BCUT2D eigenvalue weighted by Gasteiger charge is -2.03. The average molecular weight is 408 g/mol. The Morgan fingerprint density at radius 3 is 2.78 bits per heavy atom. The molecule has 0 bridgehead atoms. The number of non-ortho nitro benzene ring substituents is 1. The molecular weight excluding hydrogens is 393 g/mol. The smallest absolute Gasteiger partial charge is 0.271 e. The highest BCUT2D eigenvalue weighted by atomic mass is 35.5. The summed E-state index contributed by atoms with van der Waals surface area (Å²) < 4.78 is 3.53. The summed E-state index contributed by atoms with van der Waals surface area (Å²) in [7, 11) is 1.93. The van der Waals surface area contributed by atoms with Crippen LogP contribution in [0.2, 0.25) is 5.02 Å². The van der Waals surface area contributed by atoms with Crippen LogP contribution in [0.1, 0.15) is 5.56 Å². The summed E-state index contributed by atoms with van der Waals surface area (Å²) in [5.41, 5.74) is 7.51. The van der Waals surface area contributed by atoms with Crippen LogP contribution in [0, 0.1) is 10.1 Å². The first-order valence-electron chi connectivity index (χ1n) is 7.55. The van der Waals surface area contributed by atoms with Crippen LogP contribution < -0.4 is 22.7 Å². The second-order valence-corrected chi connectivity index (χ2v) is 5.95. The van der Waals surface area contributed by atoms with Gasteiger partial charge in [0.25, 0.3) is 5.69 Å². The predicted molar refractivity (Wildman–Crippen MR) is 95.6 cm³/mol. The summed E-state index contributed by atoms with van der Waals surface area (Å²) in [4.78, 5) is 10.3. The molecule has 0 fully saturated rings. The van der Waals surface area contributed by atoms with Crippen molar-refractivity contribution in [3.63, 3.8) is 0 Å². The Morgan fingerprint density at radius 1 is 1.33 bits per heavy atom. The molecule has 0 aliphatic carbocycles. The Hall–Kier alpha value is -3.04. The highest BCUT2D eigenvalue weighted by Gasteiger charge is 2.11. The molecule has 0 aliphatic rings. The Kier molecular flexibility index (Phi) is 6.43. The quantitative estimate of drug-likeness (QED) is 0.283. The standard InChI is InChI=1S/C16H15ClN7O2.ClH/c1-22-6-2-3-11(9-22)10-23-16(18)15(8-19-23)21-20-14-7-12(24(25)26)4-5-13(14)17;/h2-9H,10,18H2,1H3;1H/q+1;/p-1/b21-20+;. The highest BCUT2D eigenvalue weighted by molar-refractivity contribution is 6.33. The molecule has 0 radical (unpaired) electrons. The minimum Gasteiger partial charge on any atom is -1.00 e. The zero-order valence-corrected chi connectivity index (χ0v) is 15.7. The number of nitrogens with zero attached hydrogens (tertiary/aromatic N) is 6. The van der Waals surface area contributed by atoms with E-state index in [0.717, 1.165) is 5.56 Å². The number of halogens is 2. The van der Waals surface area contributed by atoms with Crippen LogP contribution in [0.15, 0.2) is 59.2 Å². The van der Waals surface area contributed by atoms with E-state index in [2.05, 4.69) is 15.3 Å². The minimum atomic E-state index is -0.526. The molecule has 3 aromatic rings. The molecule has 140 valence electrons. The second-order valence-electron chi connectivity index (χ2n) is 5.54. The molecule has 0 spiro atoms. The van der Waals surface area contributed by atoms with Crippen molar-refractivity contribution < 1.29 is 21.9 Å². The zero-order chi connectivity index (χ0) is 18.7. The number of hydrogen-bond acceptors (Lipinski definition) is 6. The van der Waals surface area contributed by atoms with Crippen LogP contribution in [-0.4, -0.2) is 14.7 Å². The van der Waals surface area contributed by atoms with Crippen molar-refractivity contribution >= 4 is 34.5 Å². The molecule has 9 nitrogen and oxygen atoms in total. The summed E-state index contributed by atoms with van der Waals surface area (Å²) in [6.07, 6.45) is 5.37. The summed E-state index contributed by atoms with van der Waals surface area (Å²) in [6.45, 7) is 0.480. The number of rotatable bonds is 5. The number of aryl methyl sites for hydroxylation is 1. The Bertz CT molecular complexity index is 1000. The monoisotopic (exact) mass is 407 g/mol. The van der Waals surface area contributed by atoms with Crippen LogP contribution in [-0.2, 0) is 13.6 Å². The molecule has 0 aliphatic heterocycles. The number of pyridine rings is 1. The van der Waals surface area contributed by atoms with E-state index in [9.17, 15) is 10.1 Å². The third-order valence-corrected chi connectivity index (χ3v) is 3.92. The van der Waals surface area contributed by atoms with Gasteiger partial charge in [0.2, 0.25) is 0 Å². The van der Waals surface area contributed by atoms with E-state index in [-0.39, 0.29) is 28.8 Å². The maximum atomic E-state index is 10.8. The first-order valence-corrected chi connectivity index (χ1v) is 7.93. The molecule has 0 unspecified atom stereocenters. The maximum Gasteiger partial charge on any atom is 0.271 e. The van der Waals surface area contributed by atoms with Crippen molar-refractivity contribution in [1.82, 2.24) is 9.78 Å². The van der Waals surface area contributed by atoms with Gasteiger partial charge in [-0.3, -0.25) is 10.1 Å². The van der Waals surface area contributed by atoms with Crippen molar-refractivity contribution in [3.8, 4) is 0 Å². The van der Waals surface area contributed by atoms with Gasteiger partial charge >= 0.3 is 0 Å². The van der Waals surface area contributed by atoms with Crippen molar-refractivity contribution in [1.29, 1.82) is 0 Å². The van der Waals surface area contributed by atoms with Gasteiger partial charge in [-0.2, -0.15) is 5.10 Å². The Balaban J connectivity index is 0.00000261. The van der Waals surface area contributed by atoms with Crippen molar-refractivity contribution in [2.75, 3.05) is 5.73 Å². The molecule has 2 heterocycles. The van der Waals surface area contributed by atoms with E-state index in [1.54, 1.807) is 4.68 Å². The van der Waals surface area contributed by atoms with Gasteiger partial charge in [0.1, 0.15) is 24.2 Å².